The van der Waals surface area contributed by atoms with Gasteiger partial charge in [-0.2, -0.15) is 11.8 Å². The van der Waals surface area contributed by atoms with Gasteiger partial charge < -0.3 is 5.32 Å². The van der Waals surface area contributed by atoms with E-state index in [2.05, 4.69) is 12.2 Å². The maximum Gasteiger partial charge on any atom is 0.0638 e. The molecule has 1 aromatic rings. The fourth-order valence-electron chi connectivity index (χ4n) is 1.75. The second-order valence-electron chi connectivity index (χ2n) is 3.85. The number of hydrogen-bond acceptors (Lipinski definition) is 2. The molecule has 1 aliphatic heterocycles. The SMILES string of the molecule is CC1CC(Nc2cc(Cl)ccc2Cl)CS1. The van der Waals surface area contributed by atoms with Gasteiger partial charge in [-0.05, 0) is 24.6 Å². The van der Waals surface area contributed by atoms with Crippen LogP contribution in [0.25, 0.3) is 0 Å². The summed E-state index contributed by atoms with van der Waals surface area (Å²) in [5, 5.41) is 5.64. The molecule has 2 rings (SSSR count). The maximum absolute atomic E-state index is 6.08. The summed E-state index contributed by atoms with van der Waals surface area (Å²) in [5.41, 5.74) is 0.948. The molecule has 1 saturated heterocycles. The van der Waals surface area contributed by atoms with Crippen molar-refractivity contribution in [3.8, 4) is 0 Å². The van der Waals surface area contributed by atoms with Gasteiger partial charge in [0.15, 0.2) is 0 Å². The molecule has 0 bridgehead atoms. The van der Waals surface area contributed by atoms with Crippen LogP contribution in [0.5, 0.6) is 0 Å². The Bertz CT molecular complexity index is 356. The lowest BCUT2D eigenvalue weighted by molar-refractivity contribution is 0.747. The van der Waals surface area contributed by atoms with Crippen LogP contribution in [0.3, 0.4) is 0 Å². The number of rotatable bonds is 2. The topological polar surface area (TPSA) is 12.0 Å². The minimum absolute atomic E-state index is 0.515. The first kappa shape index (κ1) is 11.4. The Morgan fingerprint density at radius 3 is 2.87 bits per heavy atom. The van der Waals surface area contributed by atoms with Crippen LogP contribution in [0.2, 0.25) is 10.0 Å². The van der Waals surface area contributed by atoms with Crippen LogP contribution in [0, 0.1) is 0 Å². The molecule has 0 spiro atoms. The van der Waals surface area contributed by atoms with Gasteiger partial charge in [-0.15, -0.1) is 0 Å². The molecule has 0 radical (unpaired) electrons. The van der Waals surface area contributed by atoms with E-state index < -0.39 is 0 Å². The molecule has 4 heteroatoms. The van der Waals surface area contributed by atoms with Crippen LogP contribution >= 0.6 is 35.0 Å². The average molecular weight is 262 g/mol. The van der Waals surface area contributed by atoms with Crippen molar-refractivity contribution in [1.82, 2.24) is 0 Å². The maximum atomic E-state index is 6.08. The van der Waals surface area contributed by atoms with Crippen molar-refractivity contribution in [2.24, 2.45) is 0 Å². The minimum atomic E-state index is 0.515. The highest BCUT2D eigenvalue weighted by molar-refractivity contribution is 8.00. The molecule has 15 heavy (non-hydrogen) atoms. The lowest BCUT2D eigenvalue weighted by Crippen LogP contribution is -2.19. The Labute approximate surface area is 105 Å². The summed E-state index contributed by atoms with van der Waals surface area (Å²) in [6.45, 7) is 2.26. The molecule has 1 aliphatic rings. The predicted molar refractivity (Wildman–Crippen MR) is 70.4 cm³/mol. The molecular formula is C11H13Cl2NS. The molecule has 2 unspecified atom stereocenters. The Balaban J connectivity index is 2.07. The van der Waals surface area contributed by atoms with Crippen molar-refractivity contribution >= 4 is 40.7 Å². The van der Waals surface area contributed by atoms with E-state index in [9.17, 15) is 0 Å². The van der Waals surface area contributed by atoms with E-state index in [1.807, 2.05) is 23.9 Å². The lowest BCUT2D eigenvalue weighted by atomic mass is 10.2. The quantitative estimate of drug-likeness (QED) is 0.852. The summed E-state index contributed by atoms with van der Waals surface area (Å²) < 4.78 is 0. The Kier molecular flexibility index (Phi) is 3.70. The van der Waals surface area contributed by atoms with E-state index in [0.717, 1.165) is 26.7 Å². The number of benzene rings is 1. The first-order chi connectivity index (χ1) is 7.15. The molecule has 1 nitrogen and oxygen atoms in total. The summed E-state index contributed by atoms with van der Waals surface area (Å²) >= 11 is 14.0. The van der Waals surface area contributed by atoms with Crippen LogP contribution < -0.4 is 5.32 Å². The highest BCUT2D eigenvalue weighted by Gasteiger charge is 2.22. The summed E-state index contributed by atoms with van der Waals surface area (Å²) in [6, 6.07) is 6.04. The third-order valence-electron chi connectivity index (χ3n) is 2.49. The number of halogens is 2. The van der Waals surface area contributed by atoms with Gasteiger partial charge >= 0.3 is 0 Å². The fourth-order valence-corrected chi connectivity index (χ4v) is 3.24. The monoisotopic (exact) mass is 261 g/mol. The van der Waals surface area contributed by atoms with E-state index in [4.69, 9.17) is 23.2 Å². The van der Waals surface area contributed by atoms with Gasteiger partial charge in [0.2, 0.25) is 0 Å². The first-order valence-corrected chi connectivity index (χ1v) is 6.79. The molecule has 1 fully saturated rings. The fraction of sp³-hybridized carbons (Fsp3) is 0.455. The zero-order chi connectivity index (χ0) is 10.8. The van der Waals surface area contributed by atoms with Crippen molar-refractivity contribution in [3.63, 3.8) is 0 Å². The molecule has 1 heterocycles. The summed E-state index contributed by atoms with van der Waals surface area (Å²) in [7, 11) is 0. The summed E-state index contributed by atoms with van der Waals surface area (Å²) in [5.74, 6) is 1.14. The third kappa shape index (κ3) is 2.96. The Morgan fingerprint density at radius 2 is 2.20 bits per heavy atom. The van der Waals surface area contributed by atoms with Crippen molar-refractivity contribution in [1.29, 1.82) is 0 Å². The van der Waals surface area contributed by atoms with Gasteiger partial charge in [0.1, 0.15) is 0 Å². The molecular weight excluding hydrogens is 249 g/mol. The highest BCUT2D eigenvalue weighted by Crippen LogP contribution is 2.31. The standard InChI is InChI=1S/C11H13Cl2NS/c1-7-4-9(6-15-7)14-11-5-8(12)2-3-10(11)13/h2-3,5,7,9,14H,4,6H2,1H3. The molecule has 1 aromatic carbocycles. The van der Waals surface area contributed by atoms with Crippen molar-refractivity contribution < 1.29 is 0 Å². The van der Waals surface area contributed by atoms with Crippen LogP contribution in [0.15, 0.2) is 18.2 Å². The molecule has 2 atom stereocenters. The smallest absolute Gasteiger partial charge is 0.0638 e. The van der Waals surface area contributed by atoms with E-state index in [-0.39, 0.29) is 0 Å². The van der Waals surface area contributed by atoms with Gasteiger partial charge in [0.25, 0.3) is 0 Å². The lowest BCUT2D eigenvalue weighted by Gasteiger charge is -2.14. The van der Waals surface area contributed by atoms with Crippen molar-refractivity contribution in [3.05, 3.63) is 28.2 Å². The van der Waals surface area contributed by atoms with Crippen LogP contribution in [-0.4, -0.2) is 17.0 Å². The predicted octanol–water partition coefficient (Wildman–Crippen LogP) is 4.30. The largest absolute Gasteiger partial charge is 0.380 e. The van der Waals surface area contributed by atoms with Gasteiger partial charge in [-0.25, -0.2) is 0 Å². The van der Waals surface area contributed by atoms with Gasteiger partial charge in [-0.3, -0.25) is 0 Å². The molecule has 0 aliphatic carbocycles. The van der Waals surface area contributed by atoms with Crippen LogP contribution in [0.4, 0.5) is 5.69 Å². The van der Waals surface area contributed by atoms with Crippen LogP contribution in [-0.2, 0) is 0 Å². The van der Waals surface area contributed by atoms with E-state index in [1.165, 1.54) is 6.42 Å². The second-order valence-corrected chi connectivity index (χ2v) is 6.16. The zero-order valence-corrected chi connectivity index (χ0v) is 10.8. The Morgan fingerprint density at radius 1 is 1.40 bits per heavy atom. The van der Waals surface area contributed by atoms with Crippen molar-refractivity contribution in [2.75, 3.05) is 11.1 Å². The van der Waals surface area contributed by atoms with E-state index >= 15 is 0 Å². The zero-order valence-electron chi connectivity index (χ0n) is 8.47. The average Bonchev–Trinajstić information content (AvgIpc) is 2.58. The first-order valence-electron chi connectivity index (χ1n) is 4.98. The normalized spacial score (nSPS) is 25.5. The molecule has 0 amide bonds. The van der Waals surface area contributed by atoms with E-state index in [0.29, 0.717) is 6.04 Å². The van der Waals surface area contributed by atoms with E-state index in [1.54, 1.807) is 6.07 Å². The summed E-state index contributed by atoms with van der Waals surface area (Å²) in [6.07, 6.45) is 1.19. The summed E-state index contributed by atoms with van der Waals surface area (Å²) in [4.78, 5) is 0. The second kappa shape index (κ2) is 4.86. The third-order valence-corrected chi connectivity index (χ3v) is 4.41. The molecule has 82 valence electrons. The number of nitrogens with one attached hydrogen (secondary N) is 1. The van der Waals surface area contributed by atoms with Gasteiger partial charge in [0, 0.05) is 22.1 Å². The Hall–Kier alpha value is -0.0500. The molecule has 0 aromatic heterocycles. The molecule has 1 N–H and O–H groups in total. The van der Waals surface area contributed by atoms with Gasteiger partial charge in [-0.1, -0.05) is 30.1 Å². The van der Waals surface area contributed by atoms with Crippen molar-refractivity contribution in [2.45, 2.75) is 24.6 Å². The van der Waals surface area contributed by atoms with Gasteiger partial charge in [0.05, 0.1) is 10.7 Å². The highest BCUT2D eigenvalue weighted by atomic mass is 35.5. The number of thioether (sulfide) groups is 1. The molecule has 0 saturated carbocycles. The van der Waals surface area contributed by atoms with Crippen LogP contribution in [0.1, 0.15) is 13.3 Å². The minimum Gasteiger partial charge on any atom is -0.380 e. The number of anilines is 1. The number of hydrogen-bond donors (Lipinski definition) is 1.